The quantitative estimate of drug-likeness (QED) is 0.715. The van der Waals surface area contributed by atoms with Crippen LogP contribution in [-0.2, 0) is 4.79 Å². The molecule has 1 aromatic heterocycles. The molecule has 0 bridgehead atoms. The van der Waals surface area contributed by atoms with Crippen LogP contribution in [0, 0.1) is 0 Å². The van der Waals surface area contributed by atoms with E-state index in [0.29, 0.717) is 62.0 Å². The topological polar surface area (TPSA) is 62.7 Å². The lowest BCUT2D eigenvalue weighted by Gasteiger charge is -2.34. The van der Waals surface area contributed by atoms with Gasteiger partial charge in [-0.1, -0.05) is 23.7 Å². The van der Waals surface area contributed by atoms with E-state index in [0.717, 1.165) is 0 Å². The number of nitrogens with zero attached hydrogens (tertiary/aromatic N) is 3. The minimum Gasteiger partial charge on any atom is -0.492 e. The molecule has 2 aromatic rings. The molecule has 1 aromatic carbocycles. The lowest BCUT2D eigenvalue weighted by atomic mass is 10.2. The molecule has 0 N–H and O–H groups in total. The highest BCUT2D eigenvalue weighted by Gasteiger charge is 2.24. The molecule has 0 spiro atoms. The zero-order chi connectivity index (χ0) is 19.1. The molecule has 27 heavy (non-hydrogen) atoms. The van der Waals surface area contributed by atoms with Gasteiger partial charge in [-0.3, -0.25) is 14.6 Å². The number of pyridine rings is 1. The minimum atomic E-state index is -0.0161. The molecule has 3 rings (SSSR count). The van der Waals surface area contributed by atoms with Crippen LogP contribution >= 0.6 is 11.6 Å². The molecular weight excluding hydrogens is 366 g/mol. The van der Waals surface area contributed by atoms with Crippen LogP contribution in [0.15, 0.2) is 48.8 Å². The molecule has 2 heterocycles. The van der Waals surface area contributed by atoms with Crippen LogP contribution in [0.3, 0.4) is 0 Å². The summed E-state index contributed by atoms with van der Waals surface area (Å²) in [6.07, 6.45) is 4.26. The van der Waals surface area contributed by atoms with Crippen molar-refractivity contribution in [3.63, 3.8) is 0 Å². The van der Waals surface area contributed by atoms with Crippen LogP contribution in [0.2, 0.25) is 5.02 Å². The molecule has 0 unspecified atom stereocenters. The van der Waals surface area contributed by atoms with Crippen molar-refractivity contribution in [1.82, 2.24) is 14.8 Å². The lowest BCUT2D eigenvalue weighted by Crippen LogP contribution is -2.50. The summed E-state index contributed by atoms with van der Waals surface area (Å²) in [5.74, 6) is 0.710. The number of amides is 2. The third-order valence-electron chi connectivity index (χ3n) is 4.48. The zero-order valence-electron chi connectivity index (χ0n) is 15.0. The van der Waals surface area contributed by atoms with Gasteiger partial charge >= 0.3 is 0 Å². The summed E-state index contributed by atoms with van der Waals surface area (Å²) < 4.78 is 5.61. The van der Waals surface area contributed by atoms with Crippen molar-refractivity contribution in [1.29, 1.82) is 0 Å². The first-order valence-corrected chi connectivity index (χ1v) is 9.37. The van der Waals surface area contributed by atoms with Gasteiger partial charge in [-0.25, -0.2) is 0 Å². The Hall–Kier alpha value is -2.60. The fourth-order valence-corrected chi connectivity index (χ4v) is 3.15. The summed E-state index contributed by atoms with van der Waals surface area (Å²) in [6, 6.07) is 10.7. The maximum Gasteiger partial charge on any atom is 0.254 e. The predicted molar refractivity (Wildman–Crippen MR) is 103 cm³/mol. The van der Waals surface area contributed by atoms with Crippen molar-refractivity contribution < 1.29 is 14.3 Å². The third kappa shape index (κ3) is 5.20. The average Bonchev–Trinajstić information content (AvgIpc) is 2.72. The van der Waals surface area contributed by atoms with Crippen molar-refractivity contribution in [2.75, 3.05) is 32.8 Å². The molecule has 2 amide bonds. The van der Waals surface area contributed by atoms with E-state index < -0.39 is 0 Å². The lowest BCUT2D eigenvalue weighted by molar-refractivity contribution is -0.132. The molecule has 0 radical (unpaired) electrons. The molecule has 1 fully saturated rings. The number of piperazine rings is 1. The van der Waals surface area contributed by atoms with Crippen LogP contribution < -0.4 is 4.74 Å². The number of benzene rings is 1. The van der Waals surface area contributed by atoms with E-state index in [2.05, 4.69) is 4.98 Å². The smallest absolute Gasteiger partial charge is 0.254 e. The SMILES string of the molecule is O=C(CCCOc1ccccc1Cl)N1CCN(C(=O)c2ccncc2)CC1. The van der Waals surface area contributed by atoms with Crippen LogP contribution in [-0.4, -0.2) is 59.4 Å². The summed E-state index contributed by atoms with van der Waals surface area (Å²) in [5, 5.41) is 0.568. The van der Waals surface area contributed by atoms with E-state index in [1.807, 2.05) is 23.1 Å². The Morgan fingerprint density at radius 2 is 1.67 bits per heavy atom. The van der Waals surface area contributed by atoms with E-state index in [4.69, 9.17) is 16.3 Å². The monoisotopic (exact) mass is 387 g/mol. The van der Waals surface area contributed by atoms with E-state index in [1.165, 1.54) is 0 Å². The standard InChI is InChI=1S/C20H22ClN3O3/c21-17-4-1-2-5-18(17)27-15-3-6-19(25)23-11-13-24(14-12-23)20(26)16-7-9-22-10-8-16/h1-2,4-5,7-10H,3,6,11-15H2. The van der Waals surface area contributed by atoms with Crippen LogP contribution in [0.1, 0.15) is 23.2 Å². The Bertz CT molecular complexity index is 777. The highest BCUT2D eigenvalue weighted by Crippen LogP contribution is 2.23. The first kappa shape index (κ1) is 19.2. The first-order valence-electron chi connectivity index (χ1n) is 8.99. The van der Waals surface area contributed by atoms with E-state index in [-0.39, 0.29) is 11.8 Å². The predicted octanol–water partition coefficient (Wildman–Crippen LogP) is 2.88. The van der Waals surface area contributed by atoms with Gasteiger partial charge in [-0.15, -0.1) is 0 Å². The third-order valence-corrected chi connectivity index (χ3v) is 4.79. The molecule has 6 nitrogen and oxygen atoms in total. The van der Waals surface area contributed by atoms with Gasteiger partial charge in [0.1, 0.15) is 5.75 Å². The molecule has 1 saturated heterocycles. The number of carbonyl (C=O) groups excluding carboxylic acids is 2. The van der Waals surface area contributed by atoms with Gasteiger partial charge in [-0.05, 0) is 30.7 Å². The number of rotatable bonds is 6. The number of hydrogen-bond acceptors (Lipinski definition) is 4. The van der Waals surface area contributed by atoms with Crippen LogP contribution in [0.5, 0.6) is 5.75 Å². The second kappa shape index (κ2) is 9.37. The largest absolute Gasteiger partial charge is 0.492 e. The molecule has 0 saturated carbocycles. The molecule has 0 atom stereocenters. The molecule has 1 aliphatic rings. The second-order valence-electron chi connectivity index (χ2n) is 6.29. The number of ether oxygens (including phenoxy) is 1. The van der Waals surface area contributed by atoms with Crippen molar-refractivity contribution in [2.24, 2.45) is 0 Å². The normalized spacial score (nSPS) is 14.1. The van der Waals surface area contributed by atoms with Gasteiger partial charge in [-0.2, -0.15) is 0 Å². The average molecular weight is 388 g/mol. The minimum absolute atomic E-state index is 0.0161. The zero-order valence-corrected chi connectivity index (χ0v) is 15.8. The Morgan fingerprint density at radius 1 is 1.00 bits per heavy atom. The highest BCUT2D eigenvalue weighted by molar-refractivity contribution is 6.32. The summed E-state index contributed by atoms with van der Waals surface area (Å²) in [5.41, 5.74) is 0.626. The Balaban J connectivity index is 1.38. The van der Waals surface area contributed by atoms with E-state index >= 15 is 0 Å². The number of carbonyl (C=O) groups is 2. The van der Waals surface area contributed by atoms with Crippen molar-refractivity contribution in [3.8, 4) is 5.75 Å². The molecule has 0 aliphatic carbocycles. The highest BCUT2D eigenvalue weighted by atomic mass is 35.5. The van der Waals surface area contributed by atoms with Crippen LogP contribution in [0.25, 0.3) is 0 Å². The van der Waals surface area contributed by atoms with Gasteiger partial charge < -0.3 is 14.5 Å². The molecular formula is C20H22ClN3O3. The number of halogens is 1. The second-order valence-corrected chi connectivity index (χ2v) is 6.70. The van der Waals surface area contributed by atoms with Crippen molar-refractivity contribution in [3.05, 3.63) is 59.4 Å². The first-order chi connectivity index (χ1) is 13.1. The van der Waals surface area contributed by atoms with Gasteiger partial charge in [0.15, 0.2) is 0 Å². The van der Waals surface area contributed by atoms with Crippen molar-refractivity contribution >= 4 is 23.4 Å². The summed E-state index contributed by atoms with van der Waals surface area (Å²) in [7, 11) is 0. The molecule has 7 heteroatoms. The number of hydrogen-bond donors (Lipinski definition) is 0. The van der Waals surface area contributed by atoms with Gasteiger partial charge in [0.2, 0.25) is 5.91 Å². The molecule has 142 valence electrons. The maximum absolute atomic E-state index is 12.4. The maximum atomic E-state index is 12.4. The number of aromatic nitrogens is 1. The Labute approximate surface area is 163 Å². The Morgan fingerprint density at radius 3 is 2.37 bits per heavy atom. The fraction of sp³-hybridized carbons (Fsp3) is 0.350. The molecule has 1 aliphatic heterocycles. The summed E-state index contributed by atoms with van der Waals surface area (Å²) in [6.45, 7) is 2.64. The van der Waals surface area contributed by atoms with E-state index in [1.54, 1.807) is 35.5 Å². The fourth-order valence-electron chi connectivity index (χ4n) is 2.96. The Kier molecular flexibility index (Phi) is 6.65. The van der Waals surface area contributed by atoms with Gasteiger partial charge in [0.25, 0.3) is 5.91 Å². The van der Waals surface area contributed by atoms with Gasteiger partial charge in [0, 0.05) is 50.6 Å². The van der Waals surface area contributed by atoms with E-state index in [9.17, 15) is 9.59 Å². The summed E-state index contributed by atoms with van der Waals surface area (Å²) >= 11 is 6.04. The van der Waals surface area contributed by atoms with Gasteiger partial charge in [0.05, 0.1) is 11.6 Å². The van der Waals surface area contributed by atoms with Crippen molar-refractivity contribution in [2.45, 2.75) is 12.8 Å². The number of para-hydroxylation sites is 1. The van der Waals surface area contributed by atoms with Crippen LogP contribution in [0.4, 0.5) is 0 Å². The summed E-state index contributed by atoms with van der Waals surface area (Å²) in [4.78, 5) is 32.3.